The molecule has 0 bridgehead atoms. The van der Waals surface area contributed by atoms with Crippen molar-refractivity contribution in [2.75, 3.05) is 12.3 Å². The highest BCUT2D eigenvalue weighted by atomic mass is 79.9. The van der Waals surface area contributed by atoms with Crippen molar-refractivity contribution in [3.8, 4) is 0 Å². The van der Waals surface area contributed by atoms with Gasteiger partial charge in [0, 0.05) is 27.1 Å². The Bertz CT molecular complexity index is 578. The number of nitrogen functional groups attached to an aromatic ring is 1. The highest BCUT2D eigenvalue weighted by Crippen LogP contribution is 2.22. The van der Waals surface area contributed by atoms with E-state index in [0.29, 0.717) is 17.8 Å². The fourth-order valence-corrected chi connectivity index (χ4v) is 3.62. The molecule has 3 N–H and O–H groups in total. The lowest BCUT2D eigenvalue weighted by molar-refractivity contribution is 0.0954. The van der Waals surface area contributed by atoms with Gasteiger partial charge in [-0.15, -0.1) is 11.3 Å². The summed E-state index contributed by atoms with van der Waals surface area (Å²) in [6.07, 6.45) is 0.825. The first-order chi connectivity index (χ1) is 9.04. The van der Waals surface area contributed by atoms with Crippen molar-refractivity contribution in [2.45, 2.75) is 6.42 Å². The second-order valence-corrected chi connectivity index (χ2v) is 7.45. The fraction of sp³-hybridized carbons (Fsp3) is 0.154. The number of carbonyl (C=O) groups excluding carboxylic acids is 1. The van der Waals surface area contributed by atoms with Crippen LogP contribution in [0.2, 0.25) is 0 Å². The number of carbonyl (C=O) groups is 1. The lowest BCUT2D eigenvalue weighted by Gasteiger charge is -2.06. The summed E-state index contributed by atoms with van der Waals surface area (Å²) < 4.78 is 1.91. The molecular formula is C13H12Br2N2OS. The van der Waals surface area contributed by atoms with E-state index in [4.69, 9.17) is 5.73 Å². The van der Waals surface area contributed by atoms with E-state index in [1.165, 1.54) is 4.88 Å². The van der Waals surface area contributed by atoms with E-state index in [-0.39, 0.29) is 5.91 Å². The Labute approximate surface area is 132 Å². The summed E-state index contributed by atoms with van der Waals surface area (Å²) in [4.78, 5) is 13.2. The molecule has 0 atom stereocenters. The summed E-state index contributed by atoms with van der Waals surface area (Å²) in [7, 11) is 0. The van der Waals surface area contributed by atoms with Crippen LogP contribution in [0.25, 0.3) is 0 Å². The summed E-state index contributed by atoms with van der Waals surface area (Å²) in [5, 5.41) is 2.89. The zero-order chi connectivity index (χ0) is 13.8. The highest BCUT2D eigenvalue weighted by Gasteiger charge is 2.07. The third-order valence-corrected chi connectivity index (χ3v) is 4.61. The van der Waals surface area contributed by atoms with Gasteiger partial charge in [-0.05, 0) is 52.7 Å². The SMILES string of the molecule is Nc1cc(Br)cc(C(=O)NCCc2ccc(Br)s2)c1. The molecule has 0 saturated carbocycles. The average Bonchev–Trinajstić information content (AvgIpc) is 2.73. The van der Waals surface area contributed by atoms with Crippen LogP contribution in [0.1, 0.15) is 15.2 Å². The Hall–Kier alpha value is -0.850. The molecule has 100 valence electrons. The number of nitrogens with two attached hydrogens (primary N) is 1. The maximum Gasteiger partial charge on any atom is 0.251 e. The molecular weight excluding hydrogens is 392 g/mol. The van der Waals surface area contributed by atoms with Crippen molar-refractivity contribution < 1.29 is 4.79 Å². The fourth-order valence-electron chi connectivity index (χ4n) is 1.63. The second-order valence-electron chi connectivity index (χ2n) is 3.98. The van der Waals surface area contributed by atoms with Crippen LogP contribution in [-0.2, 0) is 6.42 Å². The highest BCUT2D eigenvalue weighted by molar-refractivity contribution is 9.11. The molecule has 0 aliphatic rings. The molecule has 0 aliphatic heterocycles. The standard InChI is InChI=1S/C13H12Br2N2OS/c14-9-5-8(6-10(16)7-9)13(18)17-4-3-11-1-2-12(15)19-11/h1-2,5-7H,3-4,16H2,(H,17,18). The molecule has 1 aromatic carbocycles. The minimum atomic E-state index is -0.108. The first kappa shape index (κ1) is 14.6. The third kappa shape index (κ3) is 4.33. The summed E-state index contributed by atoms with van der Waals surface area (Å²) in [5.74, 6) is -0.108. The summed E-state index contributed by atoms with van der Waals surface area (Å²) in [6.45, 7) is 0.609. The zero-order valence-electron chi connectivity index (χ0n) is 9.95. The van der Waals surface area contributed by atoms with Crippen molar-refractivity contribution in [1.82, 2.24) is 5.32 Å². The van der Waals surface area contributed by atoms with Crippen LogP contribution < -0.4 is 11.1 Å². The predicted octanol–water partition coefficient (Wildman–Crippen LogP) is 3.83. The first-order valence-corrected chi connectivity index (χ1v) is 8.03. The molecule has 1 amide bonds. The molecule has 1 heterocycles. The van der Waals surface area contributed by atoms with Crippen molar-refractivity contribution in [1.29, 1.82) is 0 Å². The third-order valence-electron chi connectivity index (χ3n) is 2.47. The van der Waals surface area contributed by atoms with Crippen LogP contribution in [0.4, 0.5) is 5.69 Å². The summed E-state index contributed by atoms with van der Waals surface area (Å²) in [6, 6.07) is 9.25. The van der Waals surface area contributed by atoms with E-state index in [9.17, 15) is 4.79 Å². The molecule has 0 saturated heterocycles. The average molecular weight is 404 g/mol. The monoisotopic (exact) mass is 402 g/mol. The van der Waals surface area contributed by atoms with Crippen LogP contribution in [0.15, 0.2) is 38.6 Å². The van der Waals surface area contributed by atoms with Crippen LogP contribution in [0.5, 0.6) is 0 Å². The van der Waals surface area contributed by atoms with E-state index < -0.39 is 0 Å². The molecule has 0 spiro atoms. The Balaban J connectivity index is 1.90. The van der Waals surface area contributed by atoms with Gasteiger partial charge in [0.25, 0.3) is 5.91 Å². The lowest BCUT2D eigenvalue weighted by atomic mass is 10.2. The zero-order valence-corrected chi connectivity index (χ0v) is 13.9. The van der Waals surface area contributed by atoms with Gasteiger partial charge in [0.05, 0.1) is 3.79 Å². The van der Waals surface area contributed by atoms with Gasteiger partial charge in [-0.1, -0.05) is 15.9 Å². The number of nitrogens with one attached hydrogen (secondary N) is 1. The van der Waals surface area contributed by atoms with E-state index in [1.54, 1.807) is 29.5 Å². The molecule has 1 aromatic heterocycles. The molecule has 2 rings (SSSR count). The predicted molar refractivity (Wildman–Crippen MR) is 86.6 cm³/mol. The Morgan fingerprint density at radius 3 is 2.68 bits per heavy atom. The maximum absolute atomic E-state index is 12.0. The Kier molecular flexibility index (Phi) is 5.01. The van der Waals surface area contributed by atoms with Crippen LogP contribution in [0.3, 0.4) is 0 Å². The molecule has 0 unspecified atom stereocenters. The van der Waals surface area contributed by atoms with Crippen LogP contribution in [-0.4, -0.2) is 12.5 Å². The van der Waals surface area contributed by atoms with E-state index >= 15 is 0 Å². The van der Waals surface area contributed by atoms with Gasteiger partial charge in [0.15, 0.2) is 0 Å². The molecule has 0 aliphatic carbocycles. The topological polar surface area (TPSA) is 55.1 Å². The normalized spacial score (nSPS) is 10.4. The molecule has 6 heteroatoms. The van der Waals surface area contributed by atoms with Gasteiger partial charge >= 0.3 is 0 Å². The molecule has 2 aromatic rings. The van der Waals surface area contributed by atoms with Gasteiger partial charge in [-0.25, -0.2) is 0 Å². The van der Waals surface area contributed by atoms with E-state index in [2.05, 4.69) is 43.2 Å². The Morgan fingerprint density at radius 1 is 1.26 bits per heavy atom. The van der Waals surface area contributed by atoms with Crippen LogP contribution >= 0.6 is 43.2 Å². The second kappa shape index (κ2) is 6.54. The molecule has 0 radical (unpaired) electrons. The first-order valence-electron chi connectivity index (χ1n) is 5.63. The van der Waals surface area contributed by atoms with Crippen molar-refractivity contribution in [2.24, 2.45) is 0 Å². The van der Waals surface area contributed by atoms with Crippen molar-refractivity contribution in [3.05, 3.63) is 49.0 Å². The number of rotatable bonds is 4. The Morgan fingerprint density at radius 2 is 2.05 bits per heavy atom. The van der Waals surface area contributed by atoms with Crippen molar-refractivity contribution in [3.63, 3.8) is 0 Å². The minimum absolute atomic E-state index is 0.108. The largest absolute Gasteiger partial charge is 0.399 e. The smallest absolute Gasteiger partial charge is 0.251 e. The summed E-state index contributed by atoms with van der Waals surface area (Å²) >= 11 is 8.42. The van der Waals surface area contributed by atoms with E-state index in [0.717, 1.165) is 14.7 Å². The number of hydrogen-bond donors (Lipinski definition) is 2. The number of halogens is 2. The van der Waals surface area contributed by atoms with Gasteiger partial charge in [-0.3, -0.25) is 4.79 Å². The number of amides is 1. The van der Waals surface area contributed by atoms with Gasteiger partial charge in [0.1, 0.15) is 0 Å². The van der Waals surface area contributed by atoms with E-state index in [1.807, 2.05) is 6.07 Å². The maximum atomic E-state index is 12.0. The lowest BCUT2D eigenvalue weighted by Crippen LogP contribution is -2.25. The molecule has 19 heavy (non-hydrogen) atoms. The number of thiophene rings is 1. The summed E-state index contributed by atoms with van der Waals surface area (Å²) in [5.41, 5.74) is 6.85. The number of anilines is 1. The van der Waals surface area contributed by atoms with Crippen LogP contribution in [0, 0.1) is 0 Å². The molecule has 0 fully saturated rings. The quantitative estimate of drug-likeness (QED) is 0.762. The van der Waals surface area contributed by atoms with Gasteiger partial charge in [0.2, 0.25) is 0 Å². The van der Waals surface area contributed by atoms with Gasteiger partial charge in [-0.2, -0.15) is 0 Å². The number of hydrogen-bond acceptors (Lipinski definition) is 3. The minimum Gasteiger partial charge on any atom is -0.399 e. The van der Waals surface area contributed by atoms with Gasteiger partial charge < -0.3 is 11.1 Å². The van der Waals surface area contributed by atoms with Crippen molar-refractivity contribution >= 4 is 54.8 Å². The number of benzene rings is 1. The molecule has 3 nitrogen and oxygen atoms in total.